The van der Waals surface area contributed by atoms with Crippen molar-refractivity contribution in [1.29, 1.82) is 0 Å². The second kappa shape index (κ2) is 5.36. The van der Waals surface area contributed by atoms with Crippen LogP contribution in [0.3, 0.4) is 0 Å². The first-order valence-corrected chi connectivity index (χ1v) is 7.76. The summed E-state index contributed by atoms with van der Waals surface area (Å²) in [5, 5.41) is 0. The van der Waals surface area contributed by atoms with Crippen LogP contribution in [0.1, 0.15) is 11.5 Å². The molecule has 0 aliphatic carbocycles. The number of aryl methyl sites for hydroxylation is 1. The first-order valence-electron chi connectivity index (χ1n) is 5.48. The fourth-order valence-corrected chi connectivity index (χ4v) is 3.05. The number of halogens is 1. The van der Waals surface area contributed by atoms with Crippen LogP contribution in [0.5, 0.6) is 0 Å². The van der Waals surface area contributed by atoms with E-state index in [0.29, 0.717) is 15.9 Å². The molecule has 0 spiro atoms. The number of benzene rings is 1. The minimum Gasteiger partial charge on any atom is -0.465 e. The minimum absolute atomic E-state index is 0.109. The summed E-state index contributed by atoms with van der Waals surface area (Å²) < 4.78 is 32.4. The lowest BCUT2D eigenvalue weighted by molar-refractivity contribution is 0.475. The predicted octanol–water partition coefficient (Wildman–Crippen LogP) is 2.41. The zero-order valence-corrected chi connectivity index (χ0v) is 12.6. The largest absolute Gasteiger partial charge is 0.465 e. The Morgan fingerprint density at radius 1 is 1.32 bits per heavy atom. The Morgan fingerprint density at radius 3 is 2.63 bits per heavy atom. The first kappa shape index (κ1) is 14.1. The third-order valence-corrected chi connectivity index (χ3v) is 4.60. The van der Waals surface area contributed by atoms with Gasteiger partial charge in [-0.15, -0.1) is 0 Å². The Labute approximate surface area is 120 Å². The molecular formula is C12H13BrN2O3S. The molecule has 0 atom stereocenters. The molecule has 0 aliphatic heterocycles. The Hall–Kier alpha value is -1.31. The molecule has 0 fully saturated rings. The van der Waals surface area contributed by atoms with Crippen molar-refractivity contribution >= 4 is 31.6 Å². The standard InChI is InChI=1S/C12H13BrN2O3S/c1-8-2-3-9(18-8)7-15-19(16,17)10-4-5-12(14)11(13)6-10/h2-6,15H,7,14H2,1H3. The Kier molecular flexibility index (Phi) is 3.98. The number of sulfonamides is 1. The Morgan fingerprint density at radius 2 is 2.05 bits per heavy atom. The van der Waals surface area contributed by atoms with Crippen molar-refractivity contribution in [1.82, 2.24) is 4.72 Å². The van der Waals surface area contributed by atoms with Crippen LogP contribution in [0.2, 0.25) is 0 Å². The summed E-state index contributed by atoms with van der Waals surface area (Å²) in [4.78, 5) is 0.150. The highest BCUT2D eigenvalue weighted by Crippen LogP contribution is 2.23. The molecule has 1 heterocycles. The van der Waals surface area contributed by atoms with Crippen LogP contribution in [-0.4, -0.2) is 8.42 Å². The molecule has 0 unspecified atom stereocenters. The summed E-state index contributed by atoms with van der Waals surface area (Å²) in [7, 11) is -3.58. The lowest BCUT2D eigenvalue weighted by atomic mass is 10.3. The summed E-state index contributed by atoms with van der Waals surface area (Å²) >= 11 is 3.20. The maximum Gasteiger partial charge on any atom is 0.241 e. The van der Waals surface area contributed by atoms with Gasteiger partial charge in [-0.2, -0.15) is 0 Å². The fourth-order valence-electron chi connectivity index (χ4n) is 1.50. The van der Waals surface area contributed by atoms with Crippen LogP contribution in [0.4, 0.5) is 5.69 Å². The molecular weight excluding hydrogens is 332 g/mol. The molecule has 19 heavy (non-hydrogen) atoms. The van der Waals surface area contributed by atoms with Gasteiger partial charge < -0.3 is 10.2 Å². The van der Waals surface area contributed by atoms with Crippen molar-refractivity contribution < 1.29 is 12.8 Å². The zero-order valence-electron chi connectivity index (χ0n) is 10.2. The number of hydrogen-bond acceptors (Lipinski definition) is 4. The number of nitrogens with one attached hydrogen (secondary N) is 1. The number of hydrogen-bond donors (Lipinski definition) is 2. The SMILES string of the molecule is Cc1ccc(CNS(=O)(=O)c2ccc(N)c(Br)c2)o1. The van der Waals surface area contributed by atoms with Gasteiger partial charge in [0.15, 0.2) is 0 Å². The number of nitrogen functional groups attached to an aromatic ring is 1. The summed E-state index contributed by atoms with van der Waals surface area (Å²) in [6, 6.07) is 7.97. The van der Waals surface area contributed by atoms with Crippen molar-refractivity contribution in [3.8, 4) is 0 Å². The molecule has 0 amide bonds. The minimum atomic E-state index is -3.58. The predicted molar refractivity (Wildman–Crippen MR) is 76.0 cm³/mol. The quantitative estimate of drug-likeness (QED) is 0.834. The van der Waals surface area contributed by atoms with Crippen molar-refractivity contribution in [3.05, 3.63) is 46.3 Å². The molecule has 1 aromatic heterocycles. The summed E-state index contributed by atoms with van der Waals surface area (Å²) in [5.41, 5.74) is 6.11. The molecule has 0 aliphatic rings. The van der Waals surface area contributed by atoms with E-state index in [0.717, 1.165) is 5.76 Å². The lowest BCUT2D eigenvalue weighted by Gasteiger charge is -2.07. The maximum absolute atomic E-state index is 12.1. The first-order chi connectivity index (χ1) is 8.88. The van der Waals surface area contributed by atoms with Crippen LogP contribution < -0.4 is 10.5 Å². The van der Waals surface area contributed by atoms with E-state index >= 15 is 0 Å². The van der Waals surface area contributed by atoms with Crippen molar-refractivity contribution in [2.24, 2.45) is 0 Å². The van der Waals surface area contributed by atoms with E-state index in [9.17, 15) is 8.42 Å². The second-order valence-corrected chi connectivity index (χ2v) is 6.64. The molecule has 0 saturated carbocycles. The van der Waals surface area contributed by atoms with Crippen molar-refractivity contribution in [2.45, 2.75) is 18.4 Å². The van der Waals surface area contributed by atoms with Crippen LogP contribution >= 0.6 is 15.9 Å². The summed E-state index contributed by atoms with van der Waals surface area (Å²) in [6.45, 7) is 1.91. The second-order valence-electron chi connectivity index (χ2n) is 4.02. The number of rotatable bonds is 4. The fraction of sp³-hybridized carbons (Fsp3) is 0.167. The molecule has 3 N–H and O–H groups in total. The van der Waals surface area contributed by atoms with Crippen LogP contribution in [0, 0.1) is 6.92 Å². The van der Waals surface area contributed by atoms with Gasteiger partial charge in [-0.05, 0) is 53.2 Å². The van der Waals surface area contributed by atoms with E-state index in [2.05, 4.69) is 20.7 Å². The van der Waals surface area contributed by atoms with Crippen molar-refractivity contribution in [2.75, 3.05) is 5.73 Å². The van der Waals surface area contributed by atoms with Gasteiger partial charge in [-0.3, -0.25) is 0 Å². The normalized spacial score (nSPS) is 11.7. The molecule has 2 rings (SSSR count). The molecule has 2 aromatic rings. The molecule has 7 heteroatoms. The van der Waals surface area contributed by atoms with Gasteiger partial charge in [0.25, 0.3) is 0 Å². The van der Waals surface area contributed by atoms with Crippen LogP contribution in [0.25, 0.3) is 0 Å². The zero-order chi connectivity index (χ0) is 14.0. The van der Waals surface area contributed by atoms with E-state index in [1.165, 1.54) is 18.2 Å². The molecule has 0 radical (unpaired) electrons. The van der Waals surface area contributed by atoms with Crippen molar-refractivity contribution in [3.63, 3.8) is 0 Å². The van der Waals surface area contributed by atoms with E-state index < -0.39 is 10.0 Å². The smallest absolute Gasteiger partial charge is 0.241 e. The highest BCUT2D eigenvalue weighted by molar-refractivity contribution is 9.10. The highest BCUT2D eigenvalue weighted by atomic mass is 79.9. The average Bonchev–Trinajstić information content (AvgIpc) is 2.76. The number of nitrogens with two attached hydrogens (primary N) is 1. The number of anilines is 1. The lowest BCUT2D eigenvalue weighted by Crippen LogP contribution is -2.23. The maximum atomic E-state index is 12.1. The molecule has 5 nitrogen and oxygen atoms in total. The molecule has 102 valence electrons. The summed E-state index contributed by atoms with van der Waals surface area (Å²) in [6.07, 6.45) is 0. The Bertz CT molecular complexity index is 695. The third-order valence-electron chi connectivity index (χ3n) is 2.51. The van der Waals surface area contributed by atoms with Gasteiger partial charge in [0, 0.05) is 10.2 Å². The van der Waals surface area contributed by atoms with E-state index in [4.69, 9.17) is 10.2 Å². The topological polar surface area (TPSA) is 85.3 Å². The average molecular weight is 345 g/mol. The molecule has 0 saturated heterocycles. The van der Waals surface area contributed by atoms with E-state index in [-0.39, 0.29) is 11.4 Å². The van der Waals surface area contributed by atoms with Gasteiger partial charge in [0.1, 0.15) is 11.5 Å². The van der Waals surface area contributed by atoms with Crippen LogP contribution in [-0.2, 0) is 16.6 Å². The van der Waals surface area contributed by atoms with Crippen LogP contribution in [0.15, 0.2) is 44.1 Å². The van der Waals surface area contributed by atoms with Gasteiger partial charge in [0.2, 0.25) is 10.0 Å². The third kappa shape index (κ3) is 3.37. The number of furan rings is 1. The Balaban J connectivity index is 2.16. The van der Waals surface area contributed by atoms with Gasteiger partial charge >= 0.3 is 0 Å². The summed E-state index contributed by atoms with van der Waals surface area (Å²) in [5.74, 6) is 1.31. The molecule has 0 bridgehead atoms. The highest BCUT2D eigenvalue weighted by Gasteiger charge is 2.15. The molecule has 1 aromatic carbocycles. The van der Waals surface area contributed by atoms with E-state index in [1.54, 1.807) is 19.1 Å². The van der Waals surface area contributed by atoms with E-state index in [1.807, 2.05) is 0 Å². The monoisotopic (exact) mass is 344 g/mol. The van der Waals surface area contributed by atoms with Gasteiger partial charge in [0.05, 0.1) is 11.4 Å². The van der Waals surface area contributed by atoms with Gasteiger partial charge in [-0.25, -0.2) is 13.1 Å². The van der Waals surface area contributed by atoms with Gasteiger partial charge in [-0.1, -0.05) is 0 Å².